The number of rotatable bonds is 4. The fourth-order valence-corrected chi connectivity index (χ4v) is 2.92. The molecule has 3 nitrogen and oxygen atoms in total. The fraction of sp³-hybridized carbons (Fsp3) is 0.143. The van der Waals surface area contributed by atoms with E-state index in [9.17, 15) is 4.79 Å². The molecule has 1 saturated carbocycles. The minimum atomic E-state index is -0.0423. The summed E-state index contributed by atoms with van der Waals surface area (Å²) in [6, 6.07) is 19.1. The van der Waals surface area contributed by atoms with Crippen LogP contribution < -0.4 is 5.43 Å². The van der Waals surface area contributed by atoms with Crippen molar-refractivity contribution in [3.05, 3.63) is 92.9 Å². The van der Waals surface area contributed by atoms with Crippen molar-refractivity contribution >= 4 is 23.8 Å². The second-order valence-corrected chi connectivity index (χ2v) is 6.66. The van der Waals surface area contributed by atoms with Gasteiger partial charge in [0.05, 0.1) is 5.69 Å². The highest BCUT2D eigenvalue weighted by Gasteiger charge is 2.28. The van der Waals surface area contributed by atoms with E-state index in [1.807, 2.05) is 65.4 Å². The van der Waals surface area contributed by atoms with Crippen LogP contribution in [0.2, 0.25) is 5.02 Å². The zero-order chi connectivity index (χ0) is 17.2. The summed E-state index contributed by atoms with van der Waals surface area (Å²) in [6.07, 6.45) is 5.90. The van der Waals surface area contributed by atoms with E-state index in [4.69, 9.17) is 11.6 Å². The van der Waals surface area contributed by atoms with Crippen molar-refractivity contribution in [1.29, 1.82) is 0 Å². The van der Waals surface area contributed by atoms with Gasteiger partial charge in [-0.2, -0.15) is 5.10 Å². The maximum atomic E-state index is 12.5. The van der Waals surface area contributed by atoms with Crippen LogP contribution in [0, 0.1) is 0 Å². The van der Waals surface area contributed by atoms with Crippen LogP contribution in [0.5, 0.6) is 0 Å². The average Bonchev–Trinajstić information content (AvgIpc) is 3.47. The number of nitrogens with zero attached hydrogens (tertiary/aromatic N) is 2. The molecule has 4 heteroatoms. The standard InChI is InChI=1S/C21H17ClN2O/c22-17-9-11-18(12-10-17)24-20(16-7-8-16)14-21(25)19(23-24)13-6-15-4-2-1-3-5-15/h1-6,9-14,16H,7-8H2/b13-6+. The Morgan fingerprint density at radius 2 is 1.72 bits per heavy atom. The van der Waals surface area contributed by atoms with Crippen LogP contribution in [0.3, 0.4) is 0 Å². The van der Waals surface area contributed by atoms with Gasteiger partial charge in [0.15, 0.2) is 0 Å². The van der Waals surface area contributed by atoms with E-state index in [0.717, 1.165) is 29.8 Å². The van der Waals surface area contributed by atoms with Crippen molar-refractivity contribution in [2.24, 2.45) is 0 Å². The molecule has 25 heavy (non-hydrogen) atoms. The number of hydrogen-bond acceptors (Lipinski definition) is 2. The third kappa shape index (κ3) is 3.57. The topological polar surface area (TPSA) is 34.9 Å². The maximum Gasteiger partial charge on any atom is 0.207 e. The summed E-state index contributed by atoms with van der Waals surface area (Å²) in [5.41, 5.74) is 3.32. The Morgan fingerprint density at radius 3 is 2.40 bits per heavy atom. The molecule has 2 aromatic carbocycles. The molecule has 0 atom stereocenters. The van der Waals surface area contributed by atoms with Crippen molar-refractivity contribution in [2.75, 3.05) is 0 Å². The highest BCUT2D eigenvalue weighted by atomic mass is 35.5. The molecule has 0 radical (unpaired) electrons. The van der Waals surface area contributed by atoms with Crippen molar-refractivity contribution in [3.63, 3.8) is 0 Å². The van der Waals surface area contributed by atoms with Crippen molar-refractivity contribution < 1.29 is 0 Å². The molecule has 3 aromatic rings. The average molecular weight is 349 g/mol. The van der Waals surface area contributed by atoms with E-state index in [1.54, 1.807) is 12.1 Å². The van der Waals surface area contributed by atoms with Crippen LogP contribution in [-0.4, -0.2) is 9.78 Å². The Kier molecular flexibility index (Phi) is 4.24. The van der Waals surface area contributed by atoms with Gasteiger partial charge >= 0.3 is 0 Å². The third-order valence-corrected chi connectivity index (χ3v) is 4.54. The van der Waals surface area contributed by atoms with Crippen LogP contribution in [-0.2, 0) is 0 Å². The van der Waals surface area contributed by atoms with Gasteiger partial charge in [-0.05, 0) is 48.7 Å². The predicted molar refractivity (Wildman–Crippen MR) is 102 cm³/mol. The monoisotopic (exact) mass is 348 g/mol. The van der Waals surface area contributed by atoms with E-state index in [-0.39, 0.29) is 5.43 Å². The van der Waals surface area contributed by atoms with Gasteiger partial charge in [-0.1, -0.05) is 48.0 Å². The molecule has 4 rings (SSSR count). The quantitative estimate of drug-likeness (QED) is 0.669. The molecule has 124 valence electrons. The minimum Gasteiger partial charge on any atom is -0.287 e. The Hall–Kier alpha value is -2.65. The summed E-state index contributed by atoms with van der Waals surface area (Å²) in [6.45, 7) is 0. The van der Waals surface area contributed by atoms with Crippen LogP contribution >= 0.6 is 11.6 Å². The SMILES string of the molecule is O=c1cc(C2CC2)n(-c2ccc(Cl)cc2)nc1/C=C/c1ccccc1. The summed E-state index contributed by atoms with van der Waals surface area (Å²) in [5, 5.41) is 5.31. The molecule has 1 aliphatic rings. The van der Waals surface area contributed by atoms with E-state index in [1.165, 1.54) is 0 Å². The number of benzene rings is 2. The van der Waals surface area contributed by atoms with Gasteiger partial charge in [0.1, 0.15) is 5.69 Å². The van der Waals surface area contributed by atoms with Gasteiger partial charge < -0.3 is 0 Å². The first-order valence-corrected chi connectivity index (χ1v) is 8.72. The van der Waals surface area contributed by atoms with E-state index in [0.29, 0.717) is 16.6 Å². The molecular formula is C21H17ClN2O. The lowest BCUT2D eigenvalue weighted by atomic mass is 10.2. The van der Waals surface area contributed by atoms with Gasteiger partial charge in [-0.25, -0.2) is 4.68 Å². The molecule has 0 N–H and O–H groups in total. The van der Waals surface area contributed by atoms with E-state index in [2.05, 4.69) is 5.10 Å². The lowest BCUT2D eigenvalue weighted by Gasteiger charge is -2.12. The lowest BCUT2D eigenvalue weighted by molar-refractivity contribution is 0.757. The van der Waals surface area contributed by atoms with Crippen LogP contribution in [0.25, 0.3) is 17.8 Å². The summed E-state index contributed by atoms with van der Waals surface area (Å²) in [7, 11) is 0. The van der Waals surface area contributed by atoms with Crippen LogP contribution in [0.4, 0.5) is 0 Å². The van der Waals surface area contributed by atoms with Crippen molar-refractivity contribution in [1.82, 2.24) is 9.78 Å². The Morgan fingerprint density at radius 1 is 1.00 bits per heavy atom. The molecule has 1 aliphatic carbocycles. The van der Waals surface area contributed by atoms with Gasteiger partial charge in [-0.15, -0.1) is 0 Å². The van der Waals surface area contributed by atoms with Crippen LogP contribution in [0.1, 0.15) is 35.7 Å². The minimum absolute atomic E-state index is 0.0423. The maximum absolute atomic E-state index is 12.5. The summed E-state index contributed by atoms with van der Waals surface area (Å²) in [4.78, 5) is 12.5. The Labute approximate surface area is 151 Å². The van der Waals surface area contributed by atoms with Gasteiger partial charge in [0, 0.05) is 22.7 Å². The Bertz CT molecular complexity index is 971. The molecular weight excluding hydrogens is 332 g/mol. The van der Waals surface area contributed by atoms with E-state index >= 15 is 0 Å². The zero-order valence-corrected chi connectivity index (χ0v) is 14.4. The number of halogens is 1. The predicted octanol–water partition coefficient (Wildman–Crippen LogP) is 4.93. The molecule has 0 bridgehead atoms. The molecule has 0 spiro atoms. The first kappa shape index (κ1) is 15.9. The number of aromatic nitrogens is 2. The molecule has 1 aromatic heterocycles. The molecule has 0 aliphatic heterocycles. The third-order valence-electron chi connectivity index (χ3n) is 4.28. The molecule has 1 heterocycles. The summed E-state index contributed by atoms with van der Waals surface area (Å²) in [5.74, 6) is 0.419. The first-order chi connectivity index (χ1) is 12.2. The van der Waals surface area contributed by atoms with Crippen LogP contribution in [0.15, 0.2) is 65.5 Å². The smallest absolute Gasteiger partial charge is 0.207 e. The molecule has 0 amide bonds. The second-order valence-electron chi connectivity index (χ2n) is 6.23. The molecule has 0 unspecified atom stereocenters. The van der Waals surface area contributed by atoms with Crippen molar-refractivity contribution in [2.45, 2.75) is 18.8 Å². The summed E-state index contributed by atoms with van der Waals surface area (Å²) >= 11 is 6.00. The molecule has 1 fully saturated rings. The van der Waals surface area contributed by atoms with Gasteiger partial charge in [0.2, 0.25) is 5.43 Å². The molecule has 0 saturated heterocycles. The highest BCUT2D eigenvalue weighted by molar-refractivity contribution is 6.30. The zero-order valence-electron chi connectivity index (χ0n) is 13.6. The largest absolute Gasteiger partial charge is 0.287 e. The van der Waals surface area contributed by atoms with E-state index < -0.39 is 0 Å². The second kappa shape index (κ2) is 6.69. The number of hydrogen-bond donors (Lipinski definition) is 0. The summed E-state index contributed by atoms with van der Waals surface area (Å²) < 4.78 is 1.88. The fourth-order valence-electron chi connectivity index (χ4n) is 2.80. The van der Waals surface area contributed by atoms with Gasteiger partial charge in [-0.3, -0.25) is 4.79 Å². The van der Waals surface area contributed by atoms with Gasteiger partial charge in [0.25, 0.3) is 0 Å². The normalized spacial score (nSPS) is 14.1. The lowest BCUT2D eigenvalue weighted by Crippen LogP contribution is -2.17. The highest BCUT2D eigenvalue weighted by Crippen LogP contribution is 2.40. The Balaban J connectivity index is 1.78. The first-order valence-electron chi connectivity index (χ1n) is 8.34. The van der Waals surface area contributed by atoms with Crippen molar-refractivity contribution in [3.8, 4) is 5.69 Å².